The number of anilines is 1. The van der Waals surface area contributed by atoms with Crippen LogP contribution in [0.5, 0.6) is 5.75 Å². The van der Waals surface area contributed by atoms with Crippen molar-refractivity contribution in [1.82, 2.24) is 19.9 Å². The molecule has 0 radical (unpaired) electrons. The van der Waals surface area contributed by atoms with Gasteiger partial charge in [0, 0.05) is 12.1 Å². The third-order valence-corrected chi connectivity index (χ3v) is 5.25. The number of ether oxygens (including phenoxy) is 1. The highest BCUT2D eigenvalue weighted by Gasteiger charge is 2.28. The van der Waals surface area contributed by atoms with Crippen molar-refractivity contribution >= 4 is 17.0 Å². The van der Waals surface area contributed by atoms with Gasteiger partial charge in [0.05, 0.1) is 12.4 Å². The number of rotatable bonds is 5. The maximum absolute atomic E-state index is 6.31. The van der Waals surface area contributed by atoms with E-state index in [1.54, 1.807) is 12.7 Å². The minimum Gasteiger partial charge on any atom is -0.491 e. The quantitative estimate of drug-likeness (QED) is 0.573. The maximum Gasteiger partial charge on any atom is 0.162 e. The zero-order chi connectivity index (χ0) is 18.8. The van der Waals surface area contributed by atoms with Crippen LogP contribution in [0.1, 0.15) is 12.8 Å². The summed E-state index contributed by atoms with van der Waals surface area (Å²) >= 11 is 0. The molecule has 1 aliphatic heterocycles. The van der Waals surface area contributed by atoms with E-state index in [0.29, 0.717) is 6.61 Å². The first-order valence-corrected chi connectivity index (χ1v) is 9.58. The van der Waals surface area contributed by atoms with Crippen LogP contribution in [-0.4, -0.2) is 39.1 Å². The lowest BCUT2D eigenvalue weighted by Gasteiger charge is -2.26. The summed E-state index contributed by atoms with van der Waals surface area (Å²) in [4.78, 5) is 18.5. The molecule has 4 aromatic rings. The number of nitrogens with one attached hydrogen (secondary N) is 1. The molecule has 0 amide bonds. The first-order chi connectivity index (χ1) is 13.9. The topological polar surface area (TPSA) is 66.9 Å². The van der Waals surface area contributed by atoms with Gasteiger partial charge in [0.2, 0.25) is 0 Å². The molecule has 1 atom stereocenters. The van der Waals surface area contributed by atoms with Gasteiger partial charge in [0.15, 0.2) is 11.5 Å². The highest BCUT2D eigenvalue weighted by atomic mass is 16.5. The molecular formula is C22H21N5O. The zero-order valence-electron chi connectivity index (χ0n) is 15.5. The van der Waals surface area contributed by atoms with Gasteiger partial charge in [0.1, 0.15) is 24.2 Å². The molecule has 1 saturated heterocycles. The normalized spacial score (nSPS) is 16.6. The van der Waals surface area contributed by atoms with E-state index in [9.17, 15) is 0 Å². The van der Waals surface area contributed by atoms with Gasteiger partial charge in [-0.15, -0.1) is 0 Å². The summed E-state index contributed by atoms with van der Waals surface area (Å²) in [6, 6.07) is 18.8. The number of aromatic amines is 1. The largest absolute Gasteiger partial charge is 0.491 e. The summed E-state index contributed by atoms with van der Waals surface area (Å²) in [5.41, 5.74) is 3.87. The highest BCUT2D eigenvalue weighted by molar-refractivity contribution is 5.83. The van der Waals surface area contributed by atoms with Gasteiger partial charge in [-0.3, -0.25) is 0 Å². The van der Waals surface area contributed by atoms with Crippen molar-refractivity contribution in [2.24, 2.45) is 0 Å². The lowest BCUT2D eigenvalue weighted by Crippen LogP contribution is -2.35. The molecule has 6 nitrogen and oxygen atoms in total. The highest BCUT2D eigenvalue weighted by Crippen LogP contribution is 2.32. The van der Waals surface area contributed by atoms with E-state index in [1.165, 1.54) is 0 Å². The van der Waals surface area contributed by atoms with E-state index in [-0.39, 0.29) is 6.04 Å². The predicted octanol–water partition coefficient (Wildman–Crippen LogP) is 4.07. The van der Waals surface area contributed by atoms with Gasteiger partial charge >= 0.3 is 0 Å². The van der Waals surface area contributed by atoms with Gasteiger partial charge in [-0.25, -0.2) is 15.0 Å². The lowest BCUT2D eigenvalue weighted by atomic mass is 10.0. The van der Waals surface area contributed by atoms with Crippen molar-refractivity contribution in [3.05, 3.63) is 67.3 Å². The van der Waals surface area contributed by atoms with E-state index in [4.69, 9.17) is 4.74 Å². The average molecular weight is 371 g/mol. The Labute approximate surface area is 163 Å². The second-order valence-electron chi connectivity index (χ2n) is 6.96. The van der Waals surface area contributed by atoms with Crippen LogP contribution < -0.4 is 9.64 Å². The SMILES string of the molecule is c1ccc(-c2ccccc2OCC2CCCN2c2ncnc3[nH]cnc23)cc1. The Hall–Kier alpha value is -3.41. The Morgan fingerprint density at radius 3 is 2.79 bits per heavy atom. The van der Waals surface area contributed by atoms with Gasteiger partial charge in [-0.1, -0.05) is 48.5 Å². The first-order valence-electron chi connectivity index (χ1n) is 9.58. The van der Waals surface area contributed by atoms with Crippen molar-refractivity contribution in [2.45, 2.75) is 18.9 Å². The van der Waals surface area contributed by atoms with Gasteiger partial charge in [0.25, 0.3) is 0 Å². The minimum absolute atomic E-state index is 0.263. The second-order valence-corrected chi connectivity index (χ2v) is 6.96. The van der Waals surface area contributed by atoms with Gasteiger partial charge in [-0.2, -0.15) is 0 Å². The molecule has 0 aliphatic carbocycles. The number of aromatic nitrogens is 4. The third-order valence-electron chi connectivity index (χ3n) is 5.25. The molecule has 1 fully saturated rings. The van der Waals surface area contributed by atoms with Crippen molar-refractivity contribution in [1.29, 1.82) is 0 Å². The van der Waals surface area contributed by atoms with Crippen LogP contribution in [0.15, 0.2) is 67.3 Å². The van der Waals surface area contributed by atoms with Crippen LogP contribution in [0.3, 0.4) is 0 Å². The number of H-pyrrole nitrogens is 1. The Kier molecular flexibility index (Phi) is 4.37. The van der Waals surface area contributed by atoms with Crippen LogP contribution in [0.2, 0.25) is 0 Å². The summed E-state index contributed by atoms with van der Waals surface area (Å²) in [7, 11) is 0. The van der Waals surface area contributed by atoms with E-state index >= 15 is 0 Å². The molecule has 28 heavy (non-hydrogen) atoms. The van der Waals surface area contributed by atoms with E-state index < -0.39 is 0 Å². The number of imidazole rings is 1. The number of para-hydroxylation sites is 1. The van der Waals surface area contributed by atoms with E-state index in [0.717, 1.165) is 53.2 Å². The minimum atomic E-state index is 0.263. The molecule has 1 N–H and O–H groups in total. The van der Waals surface area contributed by atoms with Crippen molar-refractivity contribution in [2.75, 3.05) is 18.1 Å². The van der Waals surface area contributed by atoms with Crippen LogP contribution >= 0.6 is 0 Å². The first kappa shape index (κ1) is 16.7. The fourth-order valence-corrected chi connectivity index (χ4v) is 3.88. The average Bonchev–Trinajstić information content (AvgIpc) is 3.42. The Balaban J connectivity index is 1.38. The summed E-state index contributed by atoms with van der Waals surface area (Å²) in [6.45, 7) is 1.56. The molecule has 140 valence electrons. The van der Waals surface area contributed by atoms with Crippen LogP contribution in [0.25, 0.3) is 22.3 Å². The number of benzene rings is 2. The Morgan fingerprint density at radius 1 is 1.00 bits per heavy atom. The number of hydrogen-bond donors (Lipinski definition) is 1. The van der Waals surface area contributed by atoms with Crippen molar-refractivity contribution in [3.63, 3.8) is 0 Å². The summed E-state index contributed by atoms with van der Waals surface area (Å²) < 4.78 is 6.31. The molecule has 5 rings (SSSR count). The van der Waals surface area contributed by atoms with Crippen LogP contribution in [0, 0.1) is 0 Å². The molecule has 3 heterocycles. The van der Waals surface area contributed by atoms with Crippen LogP contribution in [-0.2, 0) is 0 Å². The lowest BCUT2D eigenvalue weighted by molar-refractivity contribution is 0.289. The molecule has 2 aromatic carbocycles. The zero-order valence-corrected chi connectivity index (χ0v) is 15.5. The monoisotopic (exact) mass is 371 g/mol. The predicted molar refractivity (Wildman–Crippen MR) is 109 cm³/mol. The Morgan fingerprint density at radius 2 is 1.86 bits per heavy atom. The van der Waals surface area contributed by atoms with Crippen molar-refractivity contribution < 1.29 is 4.74 Å². The molecule has 6 heteroatoms. The number of fused-ring (bicyclic) bond motifs is 1. The molecule has 1 unspecified atom stereocenters. The Bertz CT molecular complexity index is 1080. The third kappa shape index (κ3) is 3.07. The second kappa shape index (κ2) is 7.31. The maximum atomic E-state index is 6.31. The molecular weight excluding hydrogens is 350 g/mol. The molecule has 0 bridgehead atoms. The molecule has 1 aliphatic rings. The van der Waals surface area contributed by atoms with E-state index in [2.05, 4.69) is 55.2 Å². The smallest absolute Gasteiger partial charge is 0.162 e. The molecule has 2 aromatic heterocycles. The van der Waals surface area contributed by atoms with Gasteiger partial charge in [-0.05, 0) is 24.5 Å². The summed E-state index contributed by atoms with van der Waals surface area (Å²) in [6.07, 6.45) is 5.45. The standard InChI is InChI=1S/C22H21N5O/c1-2-7-16(8-3-1)18-10-4-5-11-19(18)28-13-17-9-6-12-27(17)22-20-21(24-14-23-20)25-15-26-22/h1-5,7-8,10-11,14-15,17H,6,9,12-13H2,(H,23,24,25,26). The molecule has 0 spiro atoms. The molecule has 0 saturated carbocycles. The summed E-state index contributed by atoms with van der Waals surface area (Å²) in [5.74, 6) is 1.79. The van der Waals surface area contributed by atoms with E-state index in [1.807, 2.05) is 24.3 Å². The fraction of sp³-hybridized carbons (Fsp3) is 0.227. The fourth-order valence-electron chi connectivity index (χ4n) is 3.88. The number of hydrogen-bond acceptors (Lipinski definition) is 5. The van der Waals surface area contributed by atoms with Crippen molar-refractivity contribution in [3.8, 4) is 16.9 Å². The summed E-state index contributed by atoms with van der Waals surface area (Å²) in [5, 5.41) is 0. The van der Waals surface area contributed by atoms with Crippen LogP contribution in [0.4, 0.5) is 5.82 Å². The number of nitrogens with zero attached hydrogens (tertiary/aromatic N) is 4. The van der Waals surface area contributed by atoms with Gasteiger partial charge < -0.3 is 14.6 Å².